The minimum absolute atomic E-state index is 0.142. The van der Waals surface area contributed by atoms with E-state index >= 15 is 0 Å². The van der Waals surface area contributed by atoms with E-state index in [9.17, 15) is 13.5 Å². The second kappa shape index (κ2) is 9.25. The lowest BCUT2D eigenvalue weighted by Gasteiger charge is -2.20. The van der Waals surface area contributed by atoms with Gasteiger partial charge in [-0.1, -0.05) is 32.9 Å². The second-order valence-corrected chi connectivity index (χ2v) is 10.8. The molecule has 1 saturated heterocycles. The van der Waals surface area contributed by atoms with Crippen molar-refractivity contribution in [2.75, 3.05) is 32.7 Å². The molecule has 0 bridgehead atoms. The van der Waals surface area contributed by atoms with Gasteiger partial charge < -0.3 is 10.0 Å². The Hall–Kier alpha value is -2.35. The van der Waals surface area contributed by atoms with E-state index in [2.05, 4.69) is 30.6 Å². The Labute approximate surface area is 191 Å². The van der Waals surface area contributed by atoms with E-state index in [-0.39, 0.29) is 10.6 Å². The van der Waals surface area contributed by atoms with Gasteiger partial charge in [-0.25, -0.2) is 12.4 Å². The summed E-state index contributed by atoms with van der Waals surface area (Å²) in [5.74, 6) is 0.481. The summed E-state index contributed by atoms with van der Waals surface area (Å²) in [6.45, 7) is 12.1. The van der Waals surface area contributed by atoms with Gasteiger partial charge in [0.05, 0.1) is 10.4 Å². The SMILES string of the molecule is CCN1CCCN(Cc2cn(S(=O)(=O)c3ccc(C(C)C)cc3)c3ccc(O)cc23)CC1. The highest BCUT2D eigenvalue weighted by Gasteiger charge is 2.23. The van der Waals surface area contributed by atoms with Gasteiger partial charge in [0.25, 0.3) is 10.0 Å². The van der Waals surface area contributed by atoms with E-state index in [1.807, 2.05) is 12.1 Å². The van der Waals surface area contributed by atoms with Gasteiger partial charge in [-0.2, -0.15) is 0 Å². The highest BCUT2D eigenvalue weighted by molar-refractivity contribution is 7.90. The number of aromatic nitrogens is 1. The molecule has 2 aromatic carbocycles. The predicted molar refractivity (Wildman–Crippen MR) is 129 cm³/mol. The Morgan fingerprint density at radius 2 is 1.66 bits per heavy atom. The Morgan fingerprint density at radius 1 is 0.969 bits per heavy atom. The van der Waals surface area contributed by atoms with Crippen LogP contribution < -0.4 is 0 Å². The van der Waals surface area contributed by atoms with Gasteiger partial charge in [-0.3, -0.25) is 4.90 Å². The van der Waals surface area contributed by atoms with E-state index in [1.54, 1.807) is 36.5 Å². The molecule has 0 radical (unpaired) electrons. The van der Waals surface area contributed by atoms with Crippen molar-refractivity contribution in [2.45, 2.75) is 44.6 Å². The van der Waals surface area contributed by atoms with Crippen molar-refractivity contribution >= 4 is 20.9 Å². The number of rotatable bonds is 6. The summed E-state index contributed by atoms with van der Waals surface area (Å²) in [6, 6.07) is 12.0. The average Bonchev–Trinajstić information content (AvgIpc) is 2.97. The fourth-order valence-corrected chi connectivity index (χ4v) is 5.85. The quantitative estimate of drug-likeness (QED) is 0.602. The van der Waals surface area contributed by atoms with Gasteiger partial charge in [0.1, 0.15) is 5.75 Å². The first-order valence-corrected chi connectivity index (χ1v) is 12.9. The van der Waals surface area contributed by atoms with Crippen molar-refractivity contribution in [1.29, 1.82) is 0 Å². The Balaban J connectivity index is 1.71. The number of aromatic hydroxyl groups is 1. The Bertz CT molecular complexity index is 1180. The van der Waals surface area contributed by atoms with Crippen LogP contribution >= 0.6 is 0 Å². The number of benzene rings is 2. The third kappa shape index (κ3) is 4.56. The van der Waals surface area contributed by atoms with E-state index in [0.29, 0.717) is 18.0 Å². The minimum atomic E-state index is -3.75. The molecule has 1 aliphatic rings. The Kier molecular flexibility index (Phi) is 6.60. The van der Waals surface area contributed by atoms with Gasteiger partial charge in [0.15, 0.2) is 0 Å². The monoisotopic (exact) mass is 455 g/mol. The maximum Gasteiger partial charge on any atom is 0.268 e. The first-order chi connectivity index (χ1) is 15.3. The van der Waals surface area contributed by atoms with E-state index in [0.717, 1.165) is 55.7 Å². The van der Waals surface area contributed by atoms with Crippen LogP contribution in [-0.2, 0) is 16.6 Å². The summed E-state index contributed by atoms with van der Waals surface area (Å²) in [4.78, 5) is 5.09. The molecular formula is C25H33N3O3S. The topological polar surface area (TPSA) is 65.8 Å². The van der Waals surface area contributed by atoms with Crippen LogP contribution in [0.3, 0.4) is 0 Å². The maximum atomic E-state index is 13.5. The van der Waals surface area contributed by atoms with E-state index in [1.165, 1.54) is 3.97 Å². The zero-order valence-electron chi connectivity index (χ0n) is 19.2. The van der Waals surface area contributed by atoms with Crippen molar-refractivity contribution in [2.24, 2.45) is 0 Å². The normalized spacial score (nSPS) is 16.6. The molecule has 0 unspecified atom stereocenters. The van der Waals surface area contributed by atoms with E-state index in [4.69, 9.17) is 0 Å². The van der Waals surface area contributed by atoms with Crippen molar-refractivity contribution in [3.05, 3.63) is 59.8 Å². The molecule has 2 heterocycles. The molecule has 0 amide bonds. The van der Waals surface area contributed by atoms with Gasteiger partial charge in [-0.15, -0.1) is 0 Å². The first-order valence-electron chi connectivity index (χ1n) is 11.4. The van der Waals surface area contributed by atoms with Gasteiger partial charge >= 0.3 is 0 Å². The molecular weight excluding hydrogens is 422 g/mol. The summed E-state index contributed by atoms with van der Waals surface area (Å²) in [6.07, 6.45) is 2.83. The lowest BCUT2D eigenvalue weighted by atomic mass is 10.0. The molecule has 0 spiro atoms. The van der Waals surface area contributed by atoms with Gasteiger partial charge in [-0.05, 0) is 73.4 Å². The van der Waals surface area contributed by atoms with Crippen molar-refractivity contribution in [3.63, 3.8) is 0 Å². The third-order valence-corrected chi connectivity index (χ3v) is 8.15. The number of hydrogen-bond donors (Lipinski definition) is 1. The Morgan fingerprint density at radius 3 is 2.34 bits per heavy atom. The predicted octanol–water partition coefficient (Wildman–Crippen LogP) is 4.23. The summed E-state index contributed by atoms with van der Waals surface area (Å²) in [7, 11) is -3.75. The highest BCUT2D eigenvalue weighted by atomic mass is 32.2. The standard InChI is InChI=1S/C25H33N3O3S/c1-4-26-12-5-13-27(15-14-26)17-21-18-28(25-11-8-22(29)16-24(21)25)32(30,31)23-9-6-20(7-10-23)19(2)3/h6-11,16,18-19,29H,4-5,12-15,17H2,1-3H3. The highest BCUT2D eigenvalue weighted by Crippen LogP contribution is 2.30. The fourth-order valence-electron chi connectivity index (χ4n) is 4.46. The molecule has 0 aliphatic carbocycles. The fraction of sp³-hybridized carbons (Fsp3) is 0.440. The van der Waals surface area contributed by atoms with Crippen LogP contribution in [0, 0.1) is 0 Å². The van der Waals surface area contributed by atoms with Crippen LogP contribution in [0.25, 0.3) is 10.9 Å². The molecule has 1 N–H and O–H groups in total. The lowest BCUT2D eigenvalue weighted by molar-refractivity contribution is 0.258. The smallest absolute Gasteiger partial charge is 0.268 e. The second-order valence-electron chi connectivity index (χ2n) is 8.94. The van der Waals surface area contributed by atoms with E-state index < -0.39 is 10.0 Å². The van der Waals surface area contributed by atoms with Crippen molar-refractivity contribution in [1.82, 2.24) is 13.8 Å². The largest absolute Gasteiger partial charge is 0.508 e. The molecule has 32 heavy (non-hydrogen) atoms. The van der Waals surface area contributed by atoms with Crippen LogP contribution in [0.1, 0.15) is 44.2 Å². The zero-order chi connectivity index (χ0) is 22.9. The van der Waals surface area contributed by atoms with Crippen LogP contribution in [0.15, 0.2) is 53.6 Å². The number of phenolic OH excluding ortho intramolecular Hbond substituents is 1. The molecule has 1 aliphatic heterocycles. The third-order valence-electron chi connectivity index (χ3n) is 6.46. The summed E-state index contributed by atoms with van der Waals surface area (Å²) in [5, 5.41) is 10.9. The maximum absolute atomic E-state index is 13.5. The number of likely N-dealkylation sites (N-methyl/N-ethyl adjacent to an activating group) is 1. The molecule has 1 aromatic heterocycles. The molecule has 6 nitrogen and oxygen atoms in total. The average molecular weight is 456 g/mol. The van der Waals surface area contributed by atoms with Gasteiger partial charge in [0.2, 0.25) is 0 Å². The van der Waals surface area contributed by atoms with Crippen molar-refractivity contribution in [3.8, 4) is 5.75 Å². The van der Waals surface area contributed by atoms with Crippen molar-refractivity contribution < 1.29 is 13.5 Å². The summed E-state index contributed by atoms with van der Waals surface area (Å²) in [5.41, 5.74) is 2.62. The molecule has 7 heteroatoms. The lowest BCUT2D eigenvalue weighted by Crippen LogP contribution is -2.30. The number of fused-ring (bicyclic) bond motifs is 1. The number of hydrogen-bond acceptors (Lipinski definition) is 5. The molecule has 172 valence electrons. The zero-order valence-corrected chi connectivity index (χ0v) is 20.0. The first kappa shape index (κ1) is 22.8. The van der Waals surface area contributed by atoms with Crippen LogP contribution in [0.5, 0.6) is 5.75 Å². The molecule has 1 fully saturated rings. The number of nitrogens with zero attached hydrogens (tertiary/aromatic N) is 3. The summed E-state index contributed by atoms with van der Waals surface area (Å²) >= 11 is 0. The molecule has 0 saturated carbocycles. The van der Waals surface area contributed by atoms with Crippen LogP contribution in [-0.4, -0.2) is 60.0 Å². The molecule has 4 rings (SSSR count). The minimum Gasteiger partial charge on any atom is -0.508 e. The summed E-state index contributed by atoms with van der Waals surface area (Å²) < 4.78 is 28.4. The van der Waals surface area contributed by atoms with Crippen LogP contribution in [0.2, 0.25) is 0 Å². The number of phenols is 1. The van der Waals surface area contributed by atoms with Gasteiger partial charge in [0, 0.05) is 31.2 Å². The van der Waals surface area contributed by atoms with Crippen LogP contribution in [0.4, 0.5) is 0 Å². The molecule has 3 aromatic rings. The molecule has 0 atom stereocenters.